The number of amides is 2. The lowest BCUT2D eigenvalue weighted by Crippen LogP contribution is -2.50. The van der Waals surface area contributed by atoms with Crippen LogP contribution in [-0.2, 0) is 46.9 Å². The van der Waals surface area contributed by atoms with Gasteiger partial charge in [-0.25, -0.2) is 0 Å². The highest BCUT2D eigenvalue weighted by atomic mass is 16.6. The lowest BCUT2D eigenvalue weighted by molar-refractivity contribution is -0.170. The molecule has 50 heavy (non-hydrogen) atoms. The second kappa shape index (κ2) is 17.1. The average molecular weight is 679 g/mol. The van der Waals surface area contributed by atoms with Crippen LogP contribution in [0.1, 0.15) is 58.2 Å². The van der Waals surface area contributed by atoms with Crippen molar-refractivity contribution in [3.05, 3.63) is 125 Å². The standard InChI is InChI=1S/C40H42N2O8/c1-6-27-18-21-29(22-19-27)31-16-12-13-17-32(31)36(44)41-34-23-20-28(24-33(34)37(45)42(4)5)25-35(43)50-26-40(38(46)48-7-2,39(47)49-8-3)30-14-10-9-11-15-30/h9-24H,6-8,25-26H2,1-5H3,(H,41,44). The highest BCUT2D eigenvalue weighted by Gasteiger charge is 2.52. The normalized spacial score (nSPS) is 10.9. The molecule has 0 aliphatic heterocycles. The maximum Gasteiger partial charge on any atom is 0.331 e. The number of ether oxygens (including phenoxy) is 3. The van der Waals surface area contributed by atoms with Gasteiger partial charge in [-0.3, -0.25) is 24.0 Å². The van der Waals surface area contributed by atoms with Crippen molar-refractivity contribution in [1.29, 1.82) is 0 Å². The van der Waals surface area contributed by atoms with Crippen LogP contribution in [0.15, 0.2) is 97.1 Å². The Bertz CT molecular complexity index is 1820. The quantitative estimate of drug-likeness (QED) is 0.0975. The summed E-state index contributed by atoms with van der Waals surface area (Å²) in [6.07, 6.45) is 0.601. The highest BCUT2D eigenvalue weighted by molar-refractivity contribution is 6.12. The Labute approximate surface area is 292 Å². The first kappa shape index (κ1) is 37.1. The molecule has 0 spiro atoms. The molecule has 0 radical (unpaired) electrons. The Morgan fingerprint density at radius 2 is 1.28 bits per heavy atom. The number of aryl methyl sites for hydroxylation is 1. The summed E-state index contributed by atoms with van der Waals surface area (Å²) >= 11 is 0. The van der Waals surface area contributed by atoms with Gasteiger partial charge in [0, 0.05) is 19.7 Å². The van der Waals surface area contributed by atoms with Crippen molar-refractivity contribution >= 4 is 35.4 Å². The van der Waals surface area contributed by atoms with Gasteiger partial charge in [-0.05, 0) is 66.3 Å². The molecule has 0 saturated carbocycles. The van der Waals surface area contributed by atoms with Gasteiger partial charge in [0.25, 0.3) is 11.8 Å². The maximum absolute atomic E-state index is 13.7. The van der Waals surface area contributed by atoms with Crippen molar-refractivity contribution in [1.82, 2.24) is 4.90 Å². The van der Waals surface area contributed by atoms with Crippen LogP contribution in [0.4, 0.5) is 5.69 Å². The Hall–Kier alpha value is -5.77. The number of rotatable bonds is 14. The third-order valence-electron chi connectivity index (χ3n) is 8.13. The number of nitrogens with one attached hydrogen (secondary N) is 1. The molecule has 4 rings (SSSR count). The van der Waals surface area contributed by atoms with Crippen LogP contribution in [0.3, 0.4) is 0 Å². The lowest BCUT2D eigenvalue weighted by Gasteiger charge is -2.29. The SMILES string of the molecule is CCOC(=O)C(COC(=O)Cc1ccc(NC(=O)c2ccccc2-c2ccc(CC)cc2)c(C(=O)N(C)C)c1)(C(=O)OCC)c1ccccc1. The van der Waals surface area contributed by atoms with Crippen LogP contribution in [0.25, 0.3) is 11.1 Å². The minimum Gasteiger partial charge on any atom is -0.465 e. The summed E-state index contributed by atoms with van der Waals surface area (Å²) < 4.78 is 16.1. The minimum atomic E-state index is -2.04. The van der Waals surface area contributed by atoms with Crippen LogP contribution in [-0.4, -0.2) is 68.5 Å². The third-order valence-corrected chi connectivity index (χ3v) is 8.13. The second-order valence-electron chi connectivity index (χ2n) is 11.7. The average Bonchev–Trinajstić information content (AvgIpc) is 3.13. The number of carbonyl (C=O) groups is 5. The smallest absolute Gasteiger partial charge is 0.331 e. The summed E-state index contributed by atoms with van der Waals surface area (Å²) in [5.74, 6) is -3.38. The largest absolute Gasteiger partial charge is 0.465 e. The Balaban J connectivity index is 1.59. The fourth-order valence-corrected chi connectivity index (χ4v) is 5.43. The molecule has 4 aromatic carbocycles. The number of benzene rings is 4. The van der Waals surface area contributed by atoms with E-state index in [1.807, 2.05) is 36.4 Å². The first-order chi connectivity index (χ1) is 24.0. The van der Waals surface area contributed by atoms with Crippen molar-refractivity contribution in [2.45, 2.75) is 39.0 Å². The van der Waals surface area contributed by atoms with Gasteiger partial charge >= 0.3 is 17.9 Å². The maximum atomic E-state index is 13.7. The van der Waals surface area contributed by atoms with Gasteiger partial charge in [-0.1, -0.05) is 85.8 Å². The predicted octanol–water partition coefficient (Wildman–Crippen LogP) is 6.02. The van der Waals surface area contributed by atoms with E-state index in [1.54, 1.807) is 82.5 Å². The fraction of sp³-hybridized carbons (Fsp3) is 0.275. The Morgan fingerprint density at radius 3 is 1.88 bits per heavy atom. The van der Waals surface area contributed by atoms with E-state index >= 15 is 0 Å². The molecule has 0 aliphatic rings. The monoisotopic (exact) mass is 678 g/mol. The molecule has 10 heteroatoms. The van der Waals surface area contributed by atoms with E-state index in [-0.39, 0.29) is 36.4 Å². The number of esters is 3. The molecule has 0 atom stereocenters. The zero-order valence-electron chi connectivity index (χ0n) is 29.0. The van der Waals surface area contributed by atoms with E-state index in [0.717, 1.165) is 17.5 Å². The van der Waals surface area contributed by atoms with Gasteiger partial charge < -0.3 is 24.4 Å². The van der Waals surface area contributed by atoms with Crippen LogP contribution in [0.2, 0.25) is 0 Å². The molecule has 0 heterocycles. The first-order valence-electron chi connectivity index (χ1n) is 16.5. The topological polar surface area (TPSA) is 128 Å². The van der Waals surface area contributed by atoms with E-state index < -0.39 is 41.7 Å². The van der Waals surface area contributed by atoms with Crippen LogP contribution < -0.4 is 5.32 Å². The number of nitrogens with zero attached hydrogens (tertiary/aromatic N) is 1. The number of anilines is 1. The predicted molar refractivity (Wildman–Crippen MR) is 190 cm³/mol. The van der Waals surface area contributed by atoms with Crippen LogP contribution >= 0.6 is 0 Å². The van der Waals surface area contributed by atoms with Crippen molar-refractivity contribution in [3.8, 4) is 11.1 Å². The van der Waals surface area contributed by atoms with Gasteiger partial charge in [-0.2, -0.15) is 0 Å². The summed E-state index contributed by atoms with van der Waals surface area (Å²) in [4.78, 5) is 68.2. The number of hydrogen-bond acceptors (Lipinski definition) is 8. The van der Waals surface area contributed by atoms with Gasteiger partial charge in [0.2, 0.25) is 5.41 Å². The van der Waals surface area contributed by atoms with Crippen molar-refractivity contribution in [2.75, 3.05) is 39.2 Å². The molecular formula is C40H42N2O8. The molecule has 0 aromatic heterocycles. The van der Waals surface area contributed by atoms with Gasteiger partial charge in [0.05, 0.1) is 30.9 Å². The molecule has 4 aromatic rings. The Kier molecular flexibility index (Phi) is 12.6. The molecule has 0 bridgehead atoms. The molecule has 10 nitrogen and oxygen atoms in total. The van der Waals surface area contributed by atoms with E-state index in [1.165, 1.54) is 16.5 Å². The second-order valence-corrected chi connectivity index (χ2v) is 11.7. The van der Waals surface area contributed by atoms with Crippen molar-refractivity contribution in [3.63, 3.8) is 0 Å². The van der Waals surface area contributed by atoms with E-state index in [2.05, 4.69) is 12.2 Å². The molecule has 0 fully saturated rings. The lowest BCUT2D eigenvalue weighted by atomic mass is 9.81. The van der Waals surface area contributed by atoms with Crippen molar-refractivity contribution < 1.29 is 38.2 Å². The Morgan fingerprint density at radius 1 is 0.680 bits per heavy atom. The summed E-state index contributed by atoms with van der Waals surface area (Å²) in [6.45, 7) is 4.60. The fourth-order valence-electron chi connectivity index (χ4n) is 5.43. The zero-order chi connectivity index (χ0) is 36.3. The molecule has 260 valence electrons. The molecule has 0 aliphatic carbocycles. The molecule has 0 saturated heterocycles. The third kappa shape index (κ3) is 8.44. The summed E-state index contributed by atoms with van der Waals surface area (Å²) in [6, 6.07) is 28.0. The van der Waals surface area contributed by atoms with E-state index in [0.29, 0.717) is 11.1 Å². The zero-order valence-corrected chi connectivity index (χ0v) is 29.0. The van der Waals surface area contributed by atoms with Crippen molar-refractivity contribution in [2.24, 2.45) is 0 Å². The van der Waals surface area contributed by atoms with E-state index in [4.69, 9.17) is 14.2 Å². The summed E-state index contributed by atoms with van der Waals surface area (Å²) in [5.41, 5.74) is 2.27. The number of carbonyl (C=O) groups excluding carboxylic acids is 5. The minimum absolute atomic E-state index is 0.00995. The van der Waals surface area contributed by atoms with Crippen LogP contribution in [0.5, 0.6) is 0 Å². The first-order valence-corrected chi connectivity index (χ1v) is 16.5. The van der Waals surface area contributed by atoms with Crippen LogP contribution in [0, 0.1) is 0 Å². The summed E-state index contributed by atoms with van der Waals surface area (Å²) in [7, 11) is 3.16. The molecule has 2 amide bonds. The molecular weight excluding hydrogens is 636 g/mol. The number of hydrogen-bond donors (Lipinski definition) is 1. The highest BCUT2D eigenvalue weighted by Crippen LogP contribution is 2.30. The van der Waals surface area contributed by atoms with E-state index in [9.17, 15) is 24.0 Å². The summed E-state index contributed by atoms with van der Waals surface area (Å²) in [5, 5.41) is 2.88. The molecule has 1 N–H and O–H groups in total. The van der Waals surface area contributed by atoms with Gasteiger partial charge in [0.15, 0.2) is 0 Å². The van der Waals surface area contributed by atoms with Gasteiger partial charge in [-0.15, -0.1) is 0 Å². The van der Waals surface area contributed by atoms with Gasteiger partial charge in [0.1, 0.15) is 6.61 Å². The molecule has 0 unspecified atom stereocenters.